The molecule has 0 heterocycles. The second-order valence-electron chi connectivity index (χ2n) is 3.79. The number of benzene rings is 1. The number of aromatic hydroxyl groups is 1. The molecule has 6 nitrogen and oxygen atoms in total. The Morgan fingerprint density at radius 2 is 1.94 bits per heavy atom. The summed E-state index contributed by atoms with van der Waals surface area (Å²) in [7, 11) is 0. The van der Waals surface area contributed by atoms with E-state index in [1.54, 1.807) is 18.2 Å². The molecule has 1 aromatic carbocycles. The van der Waals surface area contributed by atoms with Crippen LogP contribution >= 0.6 is 0 Å². The number of carboxylic acid groups (broad SMARTS) is 1. The van der Waals surface area contributed by atoms with Crippen LogP contribution in [0.3, 0.4) is 0 Å². The molecule has 0 aliphatic heterocycles. The fourth-order valence-electron chi connectivity index (χ4n) is 1.36. The first-order valence-corrected chi connectivity index (χ1v) is 5.45. The van der Waals surface area contributed by atoms with Crippen molar-refractivity contribution in [3.8, 4) is 5.75 Å². The summed E-state index contributed by atoms with van der Waals surface area (Å²) in [4.78, 5) is 21.7. The molecule has 1 aromatic rings. The third-order valence-corrected chi connectivity index (χ3v) is 2.39. The number of para-hydroxylation sites is 1. The predicted octanol–water partition coefficient (Wildman–Crippen LogP) is -0.113. The second kappa shape index (κ2) is 6.61. The van der Waals surface area contributed by atoms with Gasteiger partial charge in [-0.1, -0.05) is 18.2 Å². The zero-order valence-corrected chi connectivity index (χ0v) is 9.67. The molecule has 0 saturated carbocycles. The molecule has 0 spiro atoms. The van der Waals surface area contributed by atoms with Gasteiger partial charge >= 0.3 is 5.97 Å². The van der Waals surface area contributed by atoms with Gasteiger partial charge < -0.3 is 20.6 Å². The quantitative estimate of drug-likeness (QED) is 0.565. The maximum atomic E-state index is 11.4. The normalized spacial score (nSPS) is 11.8. The lowest BCUT2D eigenvalue weighted by atomic mass is 10.1. The van der Waals surface area contributed by atoms with Crippen LogP contribution in [0.4, 0.5) is 0 Å². The maximum Gasteiger partial charge on any atom is 0.334 e. The zero-order chi connectivity index (χ0) is 13.5. The molecule has 18 heavy (non-hydrogen) atoms. The van der Waals surface area contributed by atoms with Gasteiger partial charge in [0.25, 0.3) is 0 Å². The first kappa shape index (κ1) is 14.0. The number of phenols is 1. The van der Waals surface area contributed by atoms with Crippen molar-refractivity contribution >= 4 is 11.9 Å². The summed E-state index contributed by atoms with van der Waals surface area (Å²) >= 11 is 0. The number of aliphatic hydroxyl groups is 1. The summed E-state index contributed by atoms with van der Waals surface area (Å²) in [5, 5.41) is 29.1. The minimum atomic E-state index is -1.60. The van der Waals surface area contributed by atoms with Gasteiger partial charge in [0.05, 0.1) is 6.54 Å². The molecule has 6 heteroatoms. The number of nitrogens with one attached hydrogen (secondary N) is 1. The fourth-order valence-corrected chi connectivity index (χ4v) is 1.36. The molecule has 0 bridgehead atoms. The summed E-state index contributed by atoms with van der Waals surface area (Å²) in [5.74, 6) is -1.63. The van der Waals surface area contributed by atoms with E-state index in [4.69, 9.17) is 10.2 Å². The molecule has 0 radical (unpaired) electrons. The van der Waals surface area contributed by atoms with Crippen molar-refractivity contribution in [3.63, 3.8) is 0 Å². The Morgan fingerprint density at radius 3 is 2.56 bits per heavy atom. The number of aliphatic carboxylic acids is 1. The summed E-state index contributed by atoms with van der Waals surface area (Å²) in [6.45, 7) is -0.324. The van der Waals surface area contributed by atoms with Crippen LogP contribution in [0.1, 0.15) is 12.0 Å². The number of carbonyl (C=O) groups is 2. The number of carbonyl (C=O) groups excluding carboxylic acids is 1. The van der Waals surface area contributed by atoms with Crippen molar-refractivity contribution in [2.24, 2.45) is 0 Å². The van der Waals surface area contributed by atoms with E-state index < -0.39 is 12.1 Å². The summed E-state index contributed by atoms with van der Waals surface area (Å²) in [6.07, 6.45) is -1.13. The van der Waals surface area contributed by atoms with E-state index in [2.05, 4.69) is 5.32 Å². The van der Waals surface area contributed by atoms with Crippen LogP contribution in [-0.2, 0) is 16.0 Å². The van der Waals surface area contributed by atoms with Crippen LogP contribution < -0.4 is 5.32 Å². The molecule has 98 valence electrons. The van der Waals surface area contributed by atoms with Gasteiger partial charge in [-0.3, -0.25) is 4.79 Å². The van der Waals surface area contributed by atoms with Crippen molar-refractivity contribution in [1.29, 1.82) is 0 Å². The van der Waals surface area contributed by atoms with Crippen molar-refractivity contribution < 1.29 is 24.9 Å². The number of amides is 1. The van der Waals surface area contributed by atoms with Gasteiger partial charge in [-0.2, -0.15) is 0 Å². The van der Waals surface area contributed by atoms with E-state index in [1.165, 1.54) is 6.07 Å². The lowest BCUT2D eigenvalue weighted by Crippen LogP contribution is -2.36. The Balaban J connectivity index is 2.34. The van der Waals surface area contributed by atoms with Gasteiger partial charge in [-0.25, -0.2) is 4.79 Å². The number of phenolic OH excluding ortho intramolecular Hbond substituents is 1. The topological polar surface area (TPSA) is 107 Å². The molecule has 0 saturated heterocycles. The van der Waals surface area contributed by atoms with E-state index in [0.717, 1.165) is 0 Å². The van der Waals surface area contributed by atoms with Gasteiger partial charge in [0.15, 0.2) is 6.10 Å². The number of aryl methyl sites for hydroxylation is 1. The largest absolute Gasteiger partial charge is 0.508 e. The van der Waals surface area contributed by atoms with Gasteiger partial charge in [-0.05, 0) is 18.1 Å². The van der Waals surface area contributed by atoms with Gasteiger partial charge in [0.1, 0.15) is 5.75 Å². The highest BCUT2D eigenvalue weighted by atomic mass is 16.4. The molecule has 1 rings (SSSR count). The number of hydrogen-bond acceptors (Lipinski definition) is 4. The maximum absolute atomic E-state index is 11.4. The Labute approximate surface area is 104 Å². The van der Waals surface area contributed by atoms with E-state index >= 15 is 0 Å². The highest BCUT2D eigenvalue weighted by Gasteiger charge is 2.14. The number of aliphatic hydroxyl groups excluding tert-OH is 1. The number of hydrogen-bond donors (Lipinski definition) is 4. The Kier molecular flexibility index (Phi) is 5.13. The molecule has 0 aliphatic rings. The predicted molar refractivity (Wildman–Crippen MR) is 63.1 cm³/mol. The molecule has 0 fully saturated rings. The first-order chi connectivity index (χ1) is 8.50. The zero-order valence-electron chi connectivity index (χ0n) is 9.67. The van der Waals surface area contributed by atoms with Gasteiger partial charge in [-0.15, -0.1) is 0 Å². The average molecular weight is 253 g/mol. The molecule has 0 unspecified atom stereocenters. The van der Waals surface area contributed by atoms with Crippen molar-refractivity contribution in [3.05, 3.63) is 29.8 Å². The third kappa shape index (κ3) is 4.42. The summed E-state index contributed by atoms with van der Waals surface area (Å²) in [6, 6.07) is 6.67. The van der Waals surface area contributed by atoms with E-state index in [-0.39, 0.29) is 24.6 Å². The molecular formula is C12H15NO5. The van der Waals surface area contributed by atoms with E-state index in [0.29, 0.717) is 12.0 Å². The third-order valence-electron chi connectivity index (χ3n) is 2.39. The Hall–Kier alpha value is -2.08. The van der Waals surface area contributed by atoms with Crippen LogP contribution in [0.2, 0.25) is 0 Å². The molecular weight excluding hydrogens is 238 g/mol. The smallest absolute Gasteiger partial charge is 0.334 e. The monoisotopic (exact) mass is 253 g/mol. The molecule has 1 atom stereocenters. The van der Waals surface area contributed by atoms with Crippen LogP contribution in [0.25, 0.3) is 0 Å². The van der Waals surface area contributed by atoms with E-state index in [1.807, 2.05) is 0 Å². The van der Waals surface area contributed by atoms with Gasteiger partial charge in [0.2, 0.25) is 5.91 Å². The molecule has 1 amide bonds. The SMILES string of the molecule is O=C(CCc1ccccc1O)NC[C@H](O)C(=O)O. The van der Waals surface area contributed by atoms with Crippen molar-refractivity contribution in [2.45, 2.75) is 18.9 Å². The lowest BCUT2D eigenvalue weighted by Gasteiger charge is -2.08. The molecule has 0 aliphatic carbocycles. The number of rotatable bonds is 6. The average Bonchev–Trinajstić information content (AvgIpc) is 2.34. The lowest BCUT2D eigenvalue weighted by molar-refractivity contribution is -0.146. The Bertz CT molecular complexity index is 432. The molecule has 0 aromatic heterocycles. The first-order valence-electron chi connectivity index (χ1n) is 5.45. The van der Waals surface area contributed by atoms with Crippen LogP contribution in [0, 0.1) is 0 Å². The minimum absolute atomic E-state index is 0.115. The van der Waals surface area contributed by atoms with Crippen molar-refractivity contribution in [1.82, 2.24) is 5.32 Å². The number of carboxylic acids is 1. The standard InChI is InChI=1S/C12H15NO5/c14-9-4-2-1-3-8(9)5-6-11(16)13-7-10(15)12(17)18/h1-4,10,14-15H,5-7H2,(H,13,16)(H,17,18)/t10-/m0/s1. The van der Waals surface area contributed by atoms with Crippen molar-refractivity contribution in [2.75, 3.05) is 6.54 Å². The second-order valence-corrected chi connectivity index (χ2v) is 3.79. The van der Waals surface area contributed by atoms with Crippen LogP contribution in [0.5, 0.6) is 5.75 Å². The highest BCUT2D eigenvalue weighted by molar-refractivity contribution is 5.78. The summed E-state index contributed by atoms with van der Waals surface area (Å²) in [5.41, 5.74) is 0.645. The minimum Gasteiger partial charge on any atom is -0.508 e. The Morgan fingerprint density at radius 1 is 1.28 bits per heavy atom. The van der Waals surface area contributed by atoms with E-state index in [9.17, 15) is 14.7 Å². The summed E-state index contributed by atoms with van der Waals surface area (Å²) < 4.78 is 0. The highest BCUT2D eigenvalue weighted by Crippen LogP contribution is 2.16. The van der Waals surface area contributed by atoms with Crippen LogP contribution in [0.15, 0.2) is 24.3 Å². The molecule has 4 N–H and O–H groups in total. The van der Waals surface area contributed by atoms with Crippen LogP contribution in [-0.4, -0.2) is 39.8 Å². The fraction of sp³-hybridized carbons (Fsp3) is 0.333. The van der Waals surface area contributed by atoms with Gasteiger partial charge in [0, 0.05) is 6.42 Å².